The summed E-state index contributed by atoms with van der Waals surface area (Å²) in [5, 5.41) is 0. The Kier molecular flexibility index (Phi) is 5.15. The van der Waals surface area contributed by atoms with Gasteiger partial charge in [-0.1, -0.05) is 28.1 Å². The normalized spacial score (nSPS) is 10.6. The maximum atomic E-state index is 5.85. The highest BCUT2D eigenvalue weighted by molar-refractivity contribution is 9.10. The van der Waals surface area contributed by atoms with E-state index in [0.29, 0.717) is 6.54 Å². The summed E-state index contributed by atoms with van der Waals surface area (Å²) in [6.07, 6.45) is 0. The van der Waals surface area contributed by atoms with Gasteiger partial charge in [-0.25, -0.2) is 0 Å². The molecule has 0 fully saturated rings. The number of nitrogens with zero attached hydrogens (tertiary/aromatic N) is 2. The maximum Gasteiger partial charge on any atom is 0.0602 e. The van der Waals surface area contributed by atoms with E-state index in [2.05, 4.69) is 57.0 Å². The maximum absolute atomic E-state index is 5.85. The number of benzene rings is 1. The molecule has 0 unspecified atom stereocenters. The summed E-state index contributed by atoms with van der Waals surface area (Å²) in [6.45, 7) is 6.42. The van der Waals surface area contributed by atoms with Crippen LogP contribution in [0.3, 0.4) is 0 Å². The zero-order valence-electron chi connectivity index (χ0n) is 11.9. The molecular weight excluding hydrogens is 314 g/mol. The first-order valence-corrected chi connectivity index (χ1v) is 7.59. The third kappa shape index (κ3) is 3.58. The Bertz CT molecular complexity index is 584. The number of pyridine rings is 1. The lowest BCUT2D eigenvalue weighted by molar-refractivity contribution is 0.797. The zero-order valence-corrected chi connectivity index (χ0v) is 13.5. The molecule has 4 heteroatoms. The fourth-order valence-corrected chi connectivity index (χ4v) is 2.60. The van der Waals surface area contributed by atoms with Crippen molar-refractivity contribution in [1.82, 2.24) is 4.98 Å². The van der Waals surface area contributed by atoms with Gasteiger partial charge in [0.1, 0.15) is 0 Å². The molecule has 0 aliphatic rings. The van der Waals surface area contributed by atoms with Gasteiger partial charge in [-0.15, -0.1) is 0 Å². The van der Waals surface area contributed by atoms with Crippen molar-refractivity contribution in [3.63, 3.8) is 0 Å². The molecule has 1 aromatic heterocycles. The largest absolute Gasteiger partial charge is 0.366 e. The van der Waals surface area contributed by atoms with Crippen LogP contribution in [0.25, 0.3) is 0 Å². The minimum Gasteiger partial charge on any atom is -0.366 e. The van der Waals surface area contributed by atoms with Crippen molar-refractivity contribution in [2.45, 2.75) is 26.9 Å². The number of hydrogen-bond acceptors (Lipinski definition) is 3. The molecule has 2 rings (SSSR count). The number of rotatable bonds is 5. The highest BCUT2D eigenvalue weighted by Crippen LogP contribution is 2.26. The van der Waals surface area contributed by atoms with Crippen LogP contribution in [0.5, 0.6) is 0 Å². The van der Waals surface area contributed by atoms with E-state index in [0.717, 1.165) is 34.5 Å². The average Bonchev–Trinajstić information content (AvgIpc) is 2.45. The van der Waals surface area contributed by atoms with E-state index in [9.17, 15) is 0 Å². The number of aryl methyl sites for hydroxylation is 1. The zero-order chi connectivity index (χ0) is 14.5. The number of hydrogen-bond donors (Lipinski definition) is 1. The van der Waals surface area contributed by atoms with Crippen molar-refractivity contribution >= 4 is 21.6 Å². The van der Waals surface area contributed by atoms with E-state index >= 15 is 0 Å². The summed E-state index contributed by atoms with van der Waals surface area (Å²) in [6, 6.07) is 12.4. The Morgan fingerprint density at radius 1 is 1.25 bits per heavy atom. The Morgan fingerprint density at radius 2 is 2.05 bits per heavy atom. The molecule has 0 saturated carbocycles. The van der Waals surface area contributed by atoms with Crippen LogP contribution in [0.15, 0.2) is 40.9 Å². The van der Waals surface area contributed by atoms with Crippen molar-refractivity contribution in [2.75, 3.05) is 11.4 Å². The first-order valence-electron chi connectivity index (χ1n) is 6.80. The lowest BCUT2D eigenvalue weighted by atomic mass is 10.1. The first kappa shape index (κ1) is 15.0. The Balaban J connectivity index is 2.30. The Morgan fingerprint density at radius 3 is 2.70 bits per heavy atom. The second kappa shape index (κ2) is 6.86. The molecule has 0 spiro atoms. The van der Waals surface area contributed by atoms with Gasteiger partial charge in [-0.05, 0) is 43.7 Å². The molecule has 1 aromatic carbocycles. The quantitative estimate of drug-likeness (QED) is 0.908. The summed E-state index contributed by atoms with van der Waals surface area (Å²) in [5.41, 5.74) is 10.3. The predicted molar refractivity (Wildman–Crippen MR) is 87.7 cm³/mol. The summed E-state index contributed by atoms with van der Waals surface area (Å²) in [7, 11) is 0. The van der Waals surface area contributed by atoms with Crippen molar-refractivity contribution in [3.8, 4) is 0 Å². The molecule has 0 saturated heterocycles. The number of halogens is 1. The van der Waals surface area contributed by atoms with Gasteiger partial charge >= 0.3 is 0 Å². The molecule has 3 nitrogen and oxygen atoms in total. The highest BCUT2D eigenvalue weighted by Gasteiger charge is 2.11. The van der Waals surface area contributed by atoms with Crippen LogP contribution >= 0.6 is 15.9 Å². The van der Waals surface area contributed by atoms with E-state index in [1.54, 1.807) is 0 Å². The fraction of sp³-hybridized carbons (Fsp3) is 0.312. The lowest BCUT2D eigenvalue weighted by Crippen LogP contribution is -2.24. The van der Waals surface area contributed by atoms with E-state index in [1.165, 1.54) is 5.69 Å². The van der Waals surface area contributed by atoms with Gasteiger partial charge in [-0.3, -0.25) is 4.98 Å². The van der Waals surface area contributed by atoms with Gasteiger partial charge < -0.3 is 10.6 Å². The van der Waals surface area contributed by atoms with Gasteiger partial charge in [0.15, 0.2) is 0 Å². The number of anilines is 1. The molecule has 2 aromatic rings. The molecule has 0 aliphatic heterocycles. The van der Waals surface area contributed by atoms with Crippen molar-refractivity contribution < 1.29 is 0 Å². The third-order valence-electron chi connectivity index (χ3n) is 3.29. The van der Waals surface area contributed by atoms with Crippen LogP contribution in [0, 0.1) is 6.92 Å². The van der Waals surface area contributed by atoms with Gasteiger partial charge in [0.05, 0.1) is 12.2 Å². The molecule has 106 valence electrons. The molecule has 0 radical (unpaired) electrons. The van der Waals surface area contributed by atoms with E-state index < -0.39 is 0 Å². The van der Waals surface area contributed by atoms with Gasteiger partial charge in [0, 0.05) is 28.9 Å². The molecule has 0 amide bonds. The predicted octanol–water partition coefficient (Wildman–Crippen LogP) is 3.64. The van der Waals surface area contributed by atoms with E-state index in [-0.39, 0.29) is 0 Å². The SMILES string of the molecule is CCN(Cc1cccc(C)n1)c1cc(Br)ccc1CN. The summed E-state index contributed by atoms with van der Waals surface area (Å²) >= 11 is 3.54. The number of aromatic nitrogens is 1. The lowest BCUT2D eigenvalue weighted by Gasteiger charge is -2.25. The summed E-state index contributed by atoms with van der Waals surface area (Å²) in [4.78, 5) is 6.88. The summed E-state index contributed by atoms with van der Waals surface area (Å²) < 4.78 is 1.07. The standard InChI is InChI=1S/C16H20BrN3/c1-3-20(11-15-6-4-5-12(2)19-15)16-9-14(17)8-7-13(16)10-18/h4-9H,3,10-11,18H2,1-2H3. The van der Waals surface area contributed by atoms with Crippen LogP contribution in [-0.2, 0) is 13.1 Å². The topological polar surface area (TPSA) is 42.2 Å². The summed E-state index contributed by atoms with van der Waals surface area (Å²) in [5.74, 6) is 0. The number of nitrogens with two attached hydrogens (primary N) is 1. The van der Waals surface area contributed by atoms with Crippen LogP contribution in [0.1, 0.15) is 23.9 Å². The van der Waals surface area contributed by atoms with E-state index in [1.807, 2.05) is 19.1 Å². The van der Waals surface area contributed by atoms with Crippen LogP contribution < -0.4 is 10.6 Å². The molecule has 20 heavy (non-hydrogen) atoms. The van der Waals surface area contributed by atoms with Gasteiger partial charge in [0.2, 0.25) is 0 Å². The monoisotopic (exact) mass is 333 g/mol. The molecule has 0 aliphatic carbocycles. The van der Waals surface area contributed by atoms with Gasteiger partial charge in [-0.2, -0.15) is 0 Å². The molecule has 0 bridgehead atoms. The van der Waals surface area contributed by atoms with Crippen molar-refractivity contribution in [3.05, 3.63) is 57.8 Å². The molecule has 2 N–H and O–H groups in total. The molecule has 1 heterocycles. The fourth-order valence-electron chi connectivity index (χ4n) is 2.25. The Hall–Kier alpha value is -1.39. The first-order chi connectivity index (χ1) is 9.63. The van der Waals surface area contributed by atoms with Crippen LogP contribution in [0.4, 0.5) is 5.69 Å². The van der Waals surface area contributed by atoms with Crippen LogP contribution in [-0.4, -0.2) is 11.5 Å². The second-order valence-corrected chi connectivity index (χ2v) is 5.68. The van der Waals surface area contributed by atoms with E-state index in [4.69, 9.17) is 5.73 Å². The smallest absolute Gasteiger partial charge is 0.0602 e. The van der Waals surface area contributed by atoms with Crippen molar-refractivity contribution in [1.29, 1.82) is 0 Å². The van der Waals surface area contributed by atoms with Crippen LogP contribution in [0.2, 0.25) is 0 Å². The Labute approximate surface area is 129 Å². The average molecular weight is 334 g/mol. The van der Waals surface area contributed by atoms with Gasteiger partial charge in [0.25, 0.3) is 0 Å². The van der Waals surface area contributed by atoms with Crippen molar-refractivity contribution in [2.24, 2.45) is 5.73 Å². The minimum absolute atomic E-state index is 0.542. The minimum atomic E-state index is 0.542. The third-order valence-corrected chi connectivity index (χ3v) is 3.78. The molecular formula is C16H20BrN3. The highest BCUT2D eigenvalue weighted by atomic mass is 79.9. The molecule has 0 atom stereocenters. The second-order valence-electron chi connectivity index (χ2n) is 4.76.